The van der Waals surface area contributed by atoms with Crippen molar-refractivity contribution in [1.29, 1.82) is 0 Å². The SMILES string of the molecule is CC(C)(C)C(=O)c1c([N+](=O)[O-])cc(N)c(Cl)c1Cl. The minimum absolute atomic E-state index is 0.0289. The number of halogens is 2. The molecule has 0 heterocycles. The number of nitro benzene ring substituents is 1. The first-order valence-corrected chi connectivity index (χ1v) is 5.79. The molecule has 0 saturated carbocycles. The molecule has 5 nitrogen and oxygen atoms in total. The average molecular weight is 291 g/mol. The molecular formula is C11H12Cl2N2O3. The van der Waals surface area contributed by atoms with Crippen LogP contribution in [0.15, 0.2) is 6.07 Å². The number of Topliss-reactive ketones (excluding diaryl/α,β-unsaturated/α-hetero) is 1. The second kappa shape index (κ2) is 4.74. The van der Waals surface area contributed by atoms with Gasteiger partial charge in [0.1, 0.15) is 5.56 Å². The minimum Gasteiger partial charge on any atom is -0.397 e. The molecule has 0 bridgehead atoms. The van der Waals surface area contributed by atoms with E-state index in [1.54, 1.807) is 20.8 Å². The molecule has 0 aromatic heterocycles. The van der Waals surface area contributed by atoms with Crippen LogP contribution in [0.5, 0.6) is 0 Å². The van der Waals surface area contributed by atoms with Crippen LogP contribution in [0.2, 0.25) is 10.0 Å². The van der Waals surface area contributed by atoms with Gasteiger partial charge >= 0.3 is 0 Å². The van der Waals surface area contributed by atoms with Crippen LogP contribution < -0.4 is 5.73 Å². The molecule has 0 aliphatic heterocycles. The maximum absolute atomic E-state index is 12.2. The monoisotopic (exact) mass is 290 g/mol. The molecule has 98 valence electrons. The van der Waals surface area contributed by atoms with Crippen molar-refractivity contribution >= 4 is 40.4 Å². The van der Waals surface area contributed by atoms with Gasteiger partial charge in [0.25, 0.3) is 5.69 Å². The van der Waals surface area contributed by atoms with E-state index in [1.807, 2.05) is 0 Å². The summed E-state index contributed by atoms with van der Waals surface area (Å²) in [4.78, 5) is 22.5. The Hall–Kier alpha value is -1.33. The molecule has 0 saturated heterocycles. The zero-order valence-corrected chi connectivity index (χ0v) is 11.6. The molecule has 0 fully saturated rings. The Morgan fingerprint density at radius 3 is 2.22 bits per heavy atom. The molecule has 0 radical (unpaired) electrons. The zero-order chi connectivity index (χ0) is 14.2. The van der Waals surface area contributed by atoms with Gasteiger partial charge in [0.15, 0.2) is 5.78 Å². The Morgan fingerprint density at radius 1 is 1.33 bits per heavy atom. The van der Waals surface area contributed by atoms with Crippen LogP contribution in [0.25, 0.3) is 0 Å². The predicted molar refractivity (Wildman–Crippen MR) is 71.3 cm³/mol. The van der Waals surface area contributed by atoms with E-state index < -0.39 is 21.8 Å². The van der Waals surface area contributed by atoms with Gasteiger partial charge in [0.05, 0.1) is 20.7 Å². The Bertz CT molecular complexity index is 536. The fourth-order valence-corrected chi connectivity index (χ4v) is 1.81. The van der Waals surface area contributed by atoms with Crippen molar-refractivity contribution < 1.29 is 9.72 Å². The number of carbonyl (C=O) groups is 1. The highest BCUT2D eigenvalue weighted by Crippen LogP contribution is 2.40. The van der Waals surface area contributed by atoms with Gasteiger partial charge in [-0.3, -0.25) is 14.9 Å². The standard InChI is InChI=1S/C11H12Cl2N2O3/c1-11(2,3)10(16)7-6(15(17)18)4-5(14)8(12)9(7)13/h4H,14H2,1-3H3. The number of anilines is 1. The number of nitrogen functional groups attached to an aromatic ring is 1. The molecule has 1 rings (SSSR count). The molecule has 2 N–H and O–H groups in total. The smallest absolute Gasteiger partial charge is 0.283 e. The molecule has 7 heteroatoms. The van der Waals surface area contributed by atoms with Crippen LogP contribution in [-0.2, 0) is 0 Å². The van der Waals surface area contributed by atoms with Gasteiger partial charge < -0.3 is 5.73 Å². The van der Waals surface area contributed by atoms with E-state index in [0.717, 1.165) is 6.07 Å². The molecule has 18 heavy (non-hydrogen) atoms. The first-order valence-electron chi connectivity index (χ1n) is 5.04. The second-order valence-electron chi connectivity index (χ2n) is 4.82. The lowest BCUT2D eigenvalue weighted by Gasteiger charge is -2.18. The van der Waals surface area contributed by atoms with Crippen molar-refractivity contribution in [2.45, 2.75) is 20.8 Å². The van der Waals surface area contributed by atoms with Crippen molar-refractivity contribution in [1.82, 2.24) is 0 Å². The molecule has 1 aromatic carbocycles. The summed E-state index contributed by atoms with van der Waals surface area (Å²) >= 11 is 11.7. The topological polar surface area (TPSA) is 86.2 Å². The van der Waals surface area contributed by atoms with Crippen LogP contribution in [0.3, 0.4) is 0 Å². The number of rotatable bonds is 2. The predicted octanol–water partition coefficient (Wildman–Crippen LogP) is 3.71. The summed E-state index contributed by atoms with van der Waals surface area (Å²) < 4.78 is 0. The Kier molecular flexibility index (Phi) is 3.88. The molecule has 0 atom stereocenters. The van der Waals surface area contributed by atoms with E-state index in [-0.39, 0.29) is 21.3 Å². The minimum atomic E-state index is -0.812. The third kappa shape index (κ3) is 2.57. The Morgan fingerprint density at radius 2 is 1.83 bits per heavy atom. The first-order chi connectivity index (χ1) is 8.07. The van der Waals surface area contributed by atoms with E-state index in [9.17, 15) is 14.9 Å². The summed E-state index contributed by atoms with van der Waals surface area (Å²) in [7, 11) is 0. The van der Waals surface area contributed by atoms with Gasteiger partial charge in [-0.1, -0.05) is 44.0 Å². The molecule has 0 aliphatic rings. The normalized spacial score (nSPS) is 11.4. The number of nitro groups is 1. The highest BCUT2D eigenvalue weighted by Gasteiger charge is 2.33. The Labute approximate surface area is 114 Å². The van der Waals surface area contributed by atoms with Crippen molar-refractivity contribution in [3.63, 3.8) is 0 Å². The highest BCUT2D eigenvalue weighted by atomic mass is 35.5. The van der Waals surface area contributed by atoms with Gasteiger partial charge in [-0.25, -0.2) is 0 Å². The van der Waals surface area contributed by atoms with Gasteiger partial charge in [-0.2, -0.15) is 0 Å². The second-order valence-corrected chi connectivity index (χ2v) is 5.58. The van der Waals surface area contributed by atoms with Crippen LogP contribution >= 0.6 is 23.2 Å². The third-order valence-corrected chi connectivity index (χ3v) is 3.20. The molecule has 0 amide bonds. The van der Waals surface area contributed by atoms with Crippen molar-refractivity contribution in [2.75, 3.05) is 5.73 Å². The van der Waals surface area contributed by atoms with Crippen LogP contribution in [0.4, 0.5) is 11.4 Å². The largest absolute Gasteiger partial charge is 0.397 e. The number of carbonyl (C=O) groups excluding carboxylic acids is 1. The maximum atomic E-state index is 12.2. The summed E-state index contributed by atoms with van der Waals surface area (Å²) in [6.07, 6.45) is 0. The van der Waals surface area contributed by atoms with Gasteiger partial charge in [0, 0.05) is 11.5 Å². The van der Waals surface area contributed by atoms with Gasteiger partial charge in [0.2, 0.25) is 0 Å². The lowest BCUT2D eigenvalue weighted by molar-refractivity contribution is -0.385. The molecule has 0 unspecified atom stereocenters. The zero-order valence-electron chi connectivity index (χ0n) is 10.1. The summed E-state index contributed by atoms with van der Waals surface area (Å²) in [5, 5.41) is 10.7. The average Bonchev–Trinajstić information content (AvgIpc) is 2.23. The van der Waals surface area contributed by atoms with Crippen LogP contribution in [0.1, 0.15) is 31.1 Å². The summed E-state index contributed by atoms with van der Waals surface area (Å²) in [5.74, 6) is -0.457. The summed E-state index contributed by atoms with van der Waals surface area (Å²) in [6.45, 7) is 4.92. The summed E-state index contributed by atoms with van der Waals surface area (Å²) in [6, 6.07) is 1.05. The van der Waals surface area contributed by atoms with Crippen molar-refractivity contribution in [3.05, 3.63) is 31.8 Å². The number of benzene rings is 1. The van der Waals surface area contributed by atoms with Gasteiger partial charge in [-0.05, 0) is 0 Å². The molecule has 0 spiro atoms. The lowest BCUT2D eigenvalue weighted by Crippen LogP contribution is -2.22. The third-order valence-electron chi connectivity index (χ3n) is 2.32. The van der Waals surface area contributed by atoms with E-state index in [2.05, 4.69) is 0 Å². The van der Waals surface area contributed by atoms with Gasteiger partial charge in [-0.15, -0.1) is 0 Å². The fraction of sp³-hybridized carbons (Fsp3) is 0.364. The van der Waals surface area contributed by atoms with Crippen LogP contribution in [0, 0.1) is 15.5 Å². The lowest BCUT2D eigenvalue weighted by atomic mass is 9.85. The summed E-state index contributed by atoms with van der Waals surface area (Å²) in [5.41, 5.74) is 4.04. The molecule has 0 aliphatic carbocycles. The maximum Gasteiger partial charge on any atom is 0.283 e. The number of nitrogens with two attached hydrogens (primary N) is 1. The number of hydrogen-bond acceptors (Lipinski definition) is 4. The first kappa shape index (κ1) is 14.7. The number of nitrogens with zero attached hydrogens (tertiary/aromatic N) is 1. The van der Waals surface area contributed by atoms with E-state index >= 15 is 0 Å². The Balaban J connectivity index is 3.66. The highest BCUT2D eigenvalue weighted by molar-refractivity contribution is 6.46. The van der Waals surface area contributed by atoms with E-state index in [4.69, 9.17) is 28.9 Å². The van der Waals surface area contributed by atoms with E-state index in [0.29, 0.717) is 0 Å². The van der Waals surface area contributed by atoms with E-state index in [1.165, 1.54) is 0 Å². The quantitative estimate of drug-likeness (QED) is 0.389. The van der Waals surface area contributed by atoms with Crippen molar-refractivity contribution in [3.8, 4) is 0 Å². The van der Waals surface area contributed by atoms with Crippen LogP contribution in [-0.4, -0.2) is 10.7 Å². The fourth-order valence-electron chi connectivity index (χ4n) is 1.37. The number of ketones is 1. The molecular weight excluding hydrogens is 279 g/mol. The van der Waals surface area contributed by atoms with Crippen molar-refractivity contribution in [2.24, 2.45) is 5.41 Å². The number of hydrogen-bond donors (Lipinski definition) is 1. The molecule has 1 aromatic rings.